The number of nitrogens with zero attached hydrogens (tertiary/aromatic N) is 1. The lowest BCUT2D eigenvalue weighted by Gasteiger charge is -2.06. The minimum absolute atomic E-state index is 0.212. The molecule has 0 saturated heterocycles. The summed E-state index contributed by atoms with van der Waals surface area (Å²) in [4.78, 5) is 28.7. The van der Waals surface area contributed by atoms with Crippen LogP contribution in [-0.2, 0) is 6.54 Å². The van der Waals surface area contributed by atoms with Crippen molar-refractivity contribution in [3.63, 3.8) is 0 Å². The highest BCUT2D eigenvalue weighted by molar-refractivity contribution is 5.87. The third-order valence-corrected chi connectivity index (χ3v) is 2.53. The van der Waals surface area contributed by atoms with Gasteiger partial charge in [0.15, 0.2) is 0 Å². The van der Waals surface area contributed by atoms with Crippen LogP contribution in [0, 0.1) is 6.92 Å². The fraction of sp³-hybridized carbons (Fsp3) is 0.154. The first kappa shape index (κ1) is 12.8. The lowest BCUT2D eigenvalue weighted by Crippen LogP contribution is -2.12. The Morgan fingerprint density at radius 2 is 2.05 bits per heavy atom. The van der Waals surface area contributed by atoms with E-state index in [2.05, 4.69) is 15.3 Å². The van der Waals surface area contributed by atoms with Gasteiger partial charge in [0.25, 0.3) is 5.56 Å². The zero-order valence-electron chi connectivity index (χ0n) is 10.3. The smallest absolute Gasteiger partial charge is 0.335 e. The Labute approximate surface area is 109 Å². The maximum Gasteiger partial charge on any atom is 0.335 e. The molecule has 1 aromatic carbocycles. The first-order valence-electron chi connectivity index (χ1n) is 5.68. The molecule has 2 aromatic rings. The van der Waals surface area contributed by atoms with Crippen molar-refractivity contribution in [2.24, 2.45) is 0 Å². The van der Waals surface area contributed by atoms with Gasteiger partial charge in [0.05, 0.1) is 5.56 Å². The van der Waals surface area contributed by atoms with E-state index < -0.39 is 5.97 Å². The second-order valence-corrected chi connectivity index (χ2v) is 4.09. The van der Waals surface area contributed by atoms with E-state index in [4.69, 9.17) is 5.11 Å². The number of H-pyrrole nitrogens is 1. The minimum atomic E-state index is -0.954. The second-order valence-electron chi connectivity index (χ2n) is 4.09. The zero-order valence-corrected chi connectivity index (χ0v) is 10.3. The van der Waals surface area contributed by atoms with Gasteiger partial charge < -0.3 is 10.4 Å². The summed E-state index contributed by atoms with van der Waals surface area (Å²) in [5.41, 5.74) is 1.56. The number of hydrogen-bond donors (Lipinski definition) is 3. The maximum absolute atomic E-state index is 11.2. The molecule has 0 amide bonds. The SMILES string of the molecule is Cc1cc(=O)[nH]c(NCc2ccc(C(=O)O)cc2)n1. The number of carboxylic acid groups (broad SMARTS) is 1. The molecule has 0 atom stereocenters. The average Bonchev–Trinajstić information content (AvgIpc) is 2.36. The van der Waals surface area contributed by atoms with Crippen LogP contribution >= 0.6 is 0 Å². The fourth-order valence-electron chi connectivity index (χ4n) is 1.61. The van der Waals surface area contributed by atoms with E-state index in [1.165, 1.54) is 18.2 Å². The van der Waals surface area contributed by atoms with E-state index in [1.807, 2.05) is 0 Å². The number of aromatic nitrogens is 2. The second kappa shape index (κ2) is 5.34. The predicted molar refractivity (Wildman–Crippen MR) is 70.3 cm³/mol. The molecule has 0 aliphatic rings. The van der Waals surface area contributed by atoms with Gasteiger partial charge in [-0.3, -0.25) is 9.78 Å². The Morgan fingerprint density at radius 1 is 1.37 bits per heavy atom. The van der Waals surface area contributed by atoms with Crippen LogP contribution in [0.25, 0.3) is 0 Å². The van der Waals surface area contributed by atoms with Crippen molar-refractivity contribution in [1.29, 1.82) is 0 Å². The van der Waals surface area contributed by atoms with Crippen LogP contribution in [0.3, 0.4) is 0 Å². The maximum atomic E-state index is 11.2. The van der Waals surface area contributed by atoms with Gasteiger partial charge >= 0.3 is 5.97 Å². The van der Waals surface area contributed by atoms with Crippen LogP contribution in [0.2, 0.25) is 0 Å². The molecular formula is C13H13N3O3. The molecular weight excluding hydrogens is 246 g/mol. The predicted octanol–water partition coefficient (Wildman–Crippen LogP) is 1.39. The van der Waals surface area contributed by atoms with Gasteiger partial charge in [0.1, 0.15) is 0 Å². The molecule has 98 valence electrons. The Bertz CT molecular complexity index is 647. The van der Waals surface area contributed by atoms with Crippen LogP contribution in [0.4, 0.5) is 5.95 Å². The van der Waals surface area contributed by atoms with E-state index in [0.717, 1.165) is 5.56 Å². The number of nitrogens with one attached hydrogen (secondary N) is 2. The summed E-state index contributed by atoms with van der Waals surface area (Å²) in [6.45, 7) is 2.19. The van der Waals surface area contributed by atoms with E-state index in [-0.39, 0.29) is 11.1 Å². The molecule has 6 heteroatoms. The Hall–Kier alpha value is -2.63. The van der Waals surface area contributed by atoms with E-state index in [0.29, 0.717) is 18.2 Å². The van der Waals surface area contributed by atoms with Crippen molar-refractivity contribution in [1.82, 2.24) is 9.97 Å². The first-order chi connectivity index (χ1) is 9.04. The highest BCUT2D eigenvalue weighted by Gasteiger charge is 2.02. The number of aromatic carboxylic acids is 1. The van der Waals surface area contributed by atoms with Crippen molar-refractivity contribution in [2.45, 2.75) is 13.5 Å². The zero-order chi connectivity index (χ0) is 13.8. The van der Waals surface area contributed by atoms with Gasteiger partial charge in [-0.15, -0.1) is 0 Å². The van der Waals surface area contributed by atoms with Crippen molar-refractivity contribution >= 4 is 11.9 Å². The summed E-state index contributed by atoms with van der Waals surface area (Å²) in [6, 6.07) is 7.90. The molecule has 1 aromatic heterocycles. The Morgan fingerprint density at radius 3 is 2.63 bits per heavy atom. The third-order valence-electron chi connectivity index (χ3n) is 2.53. The summed E-state index contributed by atoms with van der Waals surface area (Å²) in [7, 11) is 0. The Balaban J connectivity index is 2.06. The summed E-state index contributed by atoms with van der Waals surface area (Å²) in [5.74, 6) is -0.559. The normalized spacial score (nSPS) is 10.2. The molecule has 3 N–H and O–H groups in total. The summed E-state index contributed by atoms with van der Waals surface area (Å²) in [5, 5.41) is 11.8. The fourth-order valence-corrected chi connectivity index (χ4v) is 1.61. The number of carboxylic acids is 1. The van der Waals surface area contributed by atoms with Gasteiger partial charge in [-0.1, -0.05) is 12.1 Å². The van der Waals surface area contributed by atoms with Gasteiger partial charge in [0.2, 0.25) is 5.95 Å². The van der Waals surface area contributed by atoms with Crippen molar-refractivity contribution < 1.29 is 9.90 Å². The van der Waals surface area contributed by atoms with Gasteiger partial charge in [-0.2, -0.15) is 0 Å². The molecule has 0 aliphatic heterocycles. The molecule has 0 bridgehead atoms. The third kappa shape index (κ3) is 3.41. The number of aromatic amines is 1. The molecule has 0 unspecified atom stereocenters. The standard InChI is InChI=1S/C13H13N3O3/c1-8-6-11(17)16-13(15-8)14-7-9-2-4-10(5-3-9)12(18)19/h2-6H,7H2,1H3,(H,18,19)(H2,14,15,16,17). The molecule has 0 aliphatic carbocycles. The summed E-state index contributed by atoms with van der Waals surface area (Å²) >= 11 is 0. The molecule has 6 nitrogen and oxygen atoms in total. The molecule has 0 spiro atoms. The molecule has 1 heterocycles. The number of aryl methyl sites for hydroxylation is 1. The van der Waals surface area contributed by atoms with Crippen LogP contribution in [0.15, 0.2) is 35.1 Å². The van der Waals surface area contributed by atoms with Crippen LogP contribution in [0.5, 0.6) is 0 Å². The van der Waals surface area contributed by atoms with Crippen molar-refractivity contribution in [3.8, 4) is 0 Å². The van der Waals surface area contributed by atoms with Gasteiger partial charge in [-0.05, 0) is 24.6 Å². The number of anilines is 1. The summed E-state index contributed by atoms with van der Waals surface area (Å²) < 4.78 is 0. The lowest BCUT2D eigenvalue weighted by atomic mass is 10.1. The molecule has 0 radical (unpaired) electrons. The molecule has 2 rings (SSSR count). The van der Waals surface area contributed by atoms with E-state index >= 15 is 0 Å². The quantitative estimate of drug-likeness (QED) is 0.771. The molecule has 19 heavy (non-hydrogen) atoms. The monoisotopic (exact) mass is 259 g/mol. The van der Waals surface area contributed by atoms with Gasteiger partial charge in [-0.25, -0.2) is 9.78 Å². The van der Waals surface area contributed by atoms with E-state index in [9.17, 15) is 9.59 Å². The minimum Gasteiger partial charge on any atom is -0.478 e. The van der Waals surface area contributed by atoms with Crippen LogP contribution < -0.4 is 10.9 Å². The molecule has 0 saturated carbocycles. The summed E-state index contributed by atoms with van der Waals surface area (Å²) in [6.07, 6.45) is 0. The number of carbonyl (C=O) groups is 1. The molecule has 0 fully saturated rings. The average molecular weight is 259 g/mol. The largest absolute Gasteiger partial charge is 0.478 e. The number of rotatable bonds is 4. The van der Waals surface area contributed by atoms with E-state index in [1.54, 1.807) is 19.1 Å². The van der Waals surface area contributed by atoms with Gasteiger partial charge in [0, 0.05) is 18.3 Å². The van der Waals surface area contributed by atoms with Crippen LogP contribution in [0.1, 0.15) is 21.6 Å². The van der Waals surface area contributed by atoms with Crippen molar-refractivity contribution in [2.75, 3.05) is 5.32 Å². The number of hydrogen-bond acceptors (Lipinski definition) is 4. The first-order valence-corrected chi connectivity index (χ1v) is 5.68. The van der Waals surface area contributed by atoms with Crippen molar-refractivity contribution in [3.05, 3.63) is 57.5 Å². The van der Waals surface area contributed by atoms with Crippen LogP contribution in [-0.4, -0.2) is 21.0 Å². The highest BCUT2D eigenvalue weighted by atomic mass is 16.4. The number of benzene rings is 1. The topological polar surface area (TPSA) is 95.1 Å². The lowest BCUT2D eigenvalue weighted by molar-refractivity contribution is 0.0697. The Kier molecular flexibility index (Phi) is 3.61. The highest BCUT2D eigenvalue weighted by Crippen LogP contribution is 2.06.